The van der Waals surface area contributed by atoms with Crippen molar-refractivity contribution < 1.29 is 0 Å². The second-order valence-electron chi connectivity index (χ2n) is 6.02. The van der Waals surface area contributed by atoms with Gasteiger partial charge in [0.1, 0.15) is 0 Å². The van der Waals surface area contributed by atoms with E-state index in [1.165, 1.54) is 37.7 Å². The minimum atomic E-state index is 0.370. The molecule has 0 heteroatoms. The van der Waals surface area contributed by atoms with Crippen LogP contribution in [0.3, 0.4) is 0 Å². The van der Waals surface area contributed by atoms with Crippen molar-refractivity contribution in [1.29, 1.82) is 0 Å². The second kappa shape index (κ2) is 9.31. The molecule has 0 radical (unpaired) electrons. The predicted molar refractivity (Wildman–Crippen MR) is 79.2 cm³/mol. The molecule has 0 aromatic carbocycles. The molecule has 98 valence electrons. The molecule has 0 spiro atoms. The maximum absolute atomic E-state index is 3.83. The van der Waals surface area contributed by atoms with Crippen molar-refractivity contribution in [2.45, 2.75) is 72.6 Å². The Kier molecular flexibility index (Phi) is 8.90. The van der Waals surface area contributed by atoms with Gasteiger partial charge in [0.2, 0.25) is 0 Å². The largest absolute Gasteiger partial charge is 0.126 e. The Morgan fingerprint density at radius 3 is 2.41 bits per heavy atom. The van der Waals surface area contributed by atoms with E-state index in [4.69, 9.17) is 0 Å². The van der Waals surface area contributed by atoms with Crippen molar-refractivity contribution in [3.05, 3.63) is 30.0 Å². The normalized spacial score (nSPS) is 10.8. The van der Waals surface area contributed by atoms with E-state index >= 15 is 0 Å². The van der Waals surface area contributed by atoms with Crippen LogP contribution in [0.4, 0.5) is 0 Å². The van der Waals surface area contributed by atoms with E-state index < -0.39 is 0 Å². The molecule has 0 bridgehead atoms. The first-order valence-corrected chi connectivity index (χ1v) is 7.03. The Morgan fingerprint density at radius 2 is 1.88 bits per heavy atom. The summed E-state index contributed by atoms with van der Waals surface area (Å²) in [5, 5.41) is 0. The number of allylic oxidation sites excluding steroid dienone is 2. The van der Waals surface area contributed by atoms with Crippen LogP contribution in [0.5, 0.6) is 0 Å². The van der Waals surface area contributed by atoms with Crippen molar-refractivity contribution in [1.82, 2.24) is 0 Å². The van der Waals surface area contributed by atoms with Crippen LogP contribution < -0.4 is 0 Å². The average Bonchev–Trinajstić information content (AvgIpc) is 2.22. The highest BCUT2D eigenvalue weighted by Crippen LogP contribution is 2.19. The van der Waals surface area contributed by atoms with Gasteiger partial charge in [-0.15, -0.1) is 12.3 Å². The molecule has 0 aliphatic heterocycles. The third kappa shape index (κ3) is 11.5. The summed E-state index contributed by atoms with van der Waals surface area (Å²) in [5.41, 5.74) is 5.26. The summed E-state index contributed by atoms with van der Waals surface area (Å²) in [6, 6.07) is 0. The summed E-state index contributed by atoms with van der Waals surface area (Å²) in [5.74, 6) is 0. The summed E-state index contributed by atoms with van der Waals surface area (Å²) < 4.78 is 0. The highest BCUT2D eigenvalue weighted by Gasteiger charge is 2.06. The lowest BCUT2D eigenvalue weighted by Crippen LogP contribution is -2.01. The maximum atomic E-state index is 3.83. The van der Waals surface area contributed by atoms with Gasteiger partial charge >= 0.3 is 0 Å². The molecule has 0 fully saturated rings. The molecule has 0 aromatic heterocycles. The van der Waals surface area contributed by atoms with Crippen LogP contribution >= 0.6 is 0 Å². The van der Waals surface area contributed by atoms with E-state index in [0.717, 1.165) is 12.8 Å². The fourth-order valence-corrected chi connectivity index (χ4v) is 1.67. The van der Waals surface area contributed by atoms with E-state index in [9.17, 15) is 0 Å². The van der Waals surface area contributed by atoms with Gasteiger partial charge in [0.25, 0.3) is 0 Å². The van der Waals surface area contributed by atoms with E-state index in [0.29, 0.717) is 5.41 Å². The first-order valence-electron chi connectivity index (χ1n) is 7.03. The van der Waals surface area contributed by atoms with Crippen LogP contribution in [0.25, 0.3) is 0 Å². The summed E-state index contributed by atoms with van der Waals surface area (Å²) >= 11 is 0. The molecule has 0 unspecified atom stereocenters. The molecule has 0 rings (SSSR count). The molecule has 0 saturated heterocycles. The van der Waals surface area contributed by atoms with Crippen molar-refractivity contribution in [2.24, 2.45) is 5.41 Å². The molecule has 0 aromatic rings. The monoisotopic (exact) mass is 234 g/mol. The zero-order chi connectivity index (χ0) is 13.1. The van der Waals surface area contributed by atoms with Crippen molar-refractivity contribution in [3.63, 3.8) is 0 Å². The summed E-state index contributed by atoms with van der Waals surface area (Å²) in [6.45, 7) is 12.9. The van der Waals surface area contributed by atoms with E-state index in [1.807, 2.05) is 6.08 Å². The minimum absolute atomic E-state index is 0.370. The molecule has 0 amide bonds. The molecular formula is C17H30. The van der Waals surface area contributed by atoms with Crippen LogP contribution in [-0.2, 0) is 0 Å². The Labute approximate surface area is 109 Å². The fourth-order valence-electron chi connectivity index (χ4n) is 1.67. The Hall–Kier alpha value is -0.740. The maximum Gasteiger partial charge on any atom is -0.00653 e. The lowest BCUT2D eigenvalue weighted by molar-refractivity contribution is 0.420. The van der Waals surface area contributed by atoms with Gasteiger partial charge in [-0.3, -0.25) is 0 Å². The number of rotatable bonds is 8. The van der Waals surface area contributed by atoms with Crippen LogP contribution in [0, 0.1) is 5.41 Å². The van der Waals surface area contributed by atoms with Gasteiger partial charge in [-0.1, -0.05) is 53.0 Å². The molecule has 0 saturated carbocycles. The third-order valence-corrected chi connectivity index (χ3v) is 2.74. The Morgan fingerprint density at radius 1 is 1.18 bits per heavy atom. The van der Waals surface area contributed by atoms with Gasteiger partial charge in [-0.25, -0.2) is 0 Å². The molecule has 0 aliphatic rings. The van der Waals surface area contributed by atoms with Crippen LogP contribution in [0.15, 0.2) is 30.0 Å². The molecule has 0 atom stereocenters. The van der Waals surface area contributed by atoms with E-state index in [1.54, 1.807) is 0 Å². The van der Waals surface area contributed by atoms with Crippen LogP contribution in [0.2, 0.25) is 0 Å². The van der Waals surface area contributed by atoms with E-state index in [-0.39, 0.29) is 0 Å². The lowest BCUT2D eigenvalue weighted by atomic mass is 9.92. The molecule has 0 aliphatic carbocycles. The zero-order valence-corrected chi connectivity index (χ0v) is 12.3. The van der Waals surface area contributed by atoms with Crippen LogP contribution in [-0.4, -0.2) is 0 Å². The van der Waals surface area contributed by atoms with Gasteiger partial charge in [0, 0.05) is 0 Å². The number of hydrogen-bond donors (Lipinski definition) is 0. The highest BCUT2D eigenvalue weighted by atomic mass is 14.1. The molecule has 0 heterocycles. The van der Waals surface area contributed by atoms with Gasteiger partial charge in [0.15, 0.2) is 0 Å². The van der Waals surface area contributed by atoms with Gasteiger partial charge in [0.05, 0.1) is 0 Å². The average molecular weight is 234 g/mol. The minimum Gasteiger partial charge on any atom is -0.126 e. The summed E-state index contributed by atoms with van der Waals surface area (Å²) in [7, 11) is 0. The second-order valence-corrected chi connectivity index (χ2v) is 6.02. The van der Waals surface area contributed by atoms with E-state index in [2.05, 4.69) is 46.1 Å². The first-order chi connectivity index (χ1) is 7.99. The summed E-state index contributed by atoms with van der Waals surface area (Å²) in [4.78, 5) is 0. The zero-order valence-electron chi connectivity index (χ0n) is 12.3. The van der Waals surface area contributed by atoms with Gasteiger partial charge in [-0.2, -0.15) is 0 Å². The van der Waals surface area contributed by atoms with Gasteiger partial charge in [-0.05, 0) is 42.7 Å². The third-order valence-electron chi connectivity index (χ3n) is 2.74. The first kappa shape index (κ1) is 16.3. The van der Waals surface area contributed by atoms with Gasteiger partial charge < -0.3 is 0 Å². The number of hydrogen-bond acceptors (Lipinski definition) is 0. The number of unbranched alkanes of at least 4 members (excludes halogenated alkanes) is 3. The molecule has 0 nitrogen and oxygen atoms in total. The predicted octanol–water partition coefficient (Wildman–Crippen LogP) is 6.05. The van der Waals surface area contributed by atoms with Crippen molar-refractivity contribution in [3.8, 4) is 0 Å². The Balaban J connectivity index is 4.20. The fraction of sp³-hybridized carbons (Fsp3) is 0.706. The lowest BCUT2D eigenvalue weighted by Gasteiger charge is -2.13. The Bertz CT molecular complexity index is 256. The van der Waals surface area contributed by atoms with Crippen LogP contribution in [0.1, 0.15) is 72.6 Å². The topological polar surface area (TPSA) is 0 Å². The highest BCUT2D eigenvalue weighted by molar-refractivity contribution is 5.06. The van der Waals surface area contributed by atoms with Crippen molar-refractivity contribution in [2.75, 3.05) is 0 Å². The molecule has 17 heavy (non-hydrogen) atoms. The molecule has 0 N–H and O–H groups in total. The quantitative estimate of drug-likeness (QED) is 0.272. The SMILES string of the molecule is C=CCC(=C=CCC(C)(C)C)CCCCCC. The van der Waals surface area contributed by atoms with Crippen molar-refractivity contribution >= 4 is 0 Å². The standard InChI is InChI=1S/C17H30/c1-6-8-9-10-13-16(12-7-2)14-11-15-17(3,4)5/h7,11H,2,6,8-10,12-13,15H2,1,3-5H3. The smallest absolute Gasteiger partial charge is 0.00653 e. The molecular weight excluding hydrogens is 204 g/mol. The summed E-state index contributed by atoms with van der Waals surface area (Å²) in [6.07, 6.45) is 12.8.